The fraction of sp³-hybridized carbons (Fsp3) is 0.263. The Morgan fingerprint density at radius 2 is 2.25 bits per heavy atom. The van der Waals surface area contributed by atoms with Crippen molar-refractivity contribution in [2.75, 3.05) is 18.6 Å². The number of carbonyl (C=O) groups is 3. The summed E-state index contributed by atoms with van der Waals surface area (Å²) in [5, 5.41) is 22.2. The summed E-state index contributed by atoms with van der Waals surface area (Å²) in [6.07, 6.45) is 3.41. The SMILES string of the molecule is CO/N=C(\C(=O)N[C@@H]1C(=O)N2C(C(=O)[O-])=C(C[n+]3ccn4nc(Cl)ccc43)CS[C@H]12)c1nsc(N)n1. The van der Waals surface area contributed by atoms with Crippen LogP contribution in [0.25, 0.3) is 5.65 Å². The standard InChI is InChI=1S/C19H16ClN9O5S2/c1-34-25-11(14-23-19(21)36-26-14)15(30)22-12-16(31)29-13(18(32)33)8(7-35-17(12)29)6-27-4-5-28-10(27)3-2-9(20)24-28/h2-5,12,17H,6-7H2,1H3,(H3-,21,22,23,26,30,32,33)/b25-11-/t12-,17-/m1/s1. The third-order valence-electron chi connectivity index (χ3n) is 5.43. The summed E-state index contributed by atoms with van der Waals surface area (Å²) in [5.41, 5.74) is 6.25. The lowest BCUT2D eigenvalue weighted by atomic mass is 10.0. The lowest BCUT2D eigenvalue weighted by molar-refractivity contribution is -0.662. The number of nitrogens with zero attached hydrogens (tertiary/aromatic N) is 7. The summed E-state index contributed by atoms with van der Waals surface area (Å²) in [5.74, 6) is -2.61. The Hall–Kier alpha value is -3.76. The highest BCUT2D eigenvalue weighted by Gasteiger charge is 2.53. The van der Waals surface area contributed by atoms with Crippen LogP contribution in [0.5, 0.6) is 0 Å². The van der Waals surface area contributed by atoms with Gasteiger partial charge in [-0.15, -0.1) is 11.8 Å². The normalized spacial score (nSPS) is 19.8. The van der Waals surface area contributed by atoms with Crippen LogP contribution in [0.2, 0.25) is 5.15 Å². The number of hydrogen-bond donors (Lipinski definition) is 2. The molecule has 0 spiro atoms. The molecule has 0 aromatic carbocycles. The van der Waals surface area contributed by atoms with Crippen LogP contribution in [-0.4, -0.2) is 71.6 Å². The monoisotopic (exact) mass is 549 g/mol. The van der Waals surface area contributed by atoms with E-state index in [1.54, 1.807) is 33.6 Å². The number of halogens is 1. The zero-order valence-electron chi connectivity index (χ0n) is 18.3. The highest BCUT2D eigenvalue weighted by atomic mass is 35.5. The van der Waals surface area contributed by atoms with Crippen LogP contribution in [0.1, 0.15) is 5.82 Å². The molecule has 3 N–H and O–H groups in total. The smallest absolute Gasteiger partial charge is 0.307 e. The number of amides is 2. The van der Waals surface area contributed by atoms with Gasteiger partial charge in [0.25, 0.3) is 11.8 Å². The average Bonchev–Trinajstić information content (AvgIpc) is 3.45. The topological polar surface area (TPSA) is 184 Å². The van der Waals surface area contributed by atoms with E-state index in [0.29, 0.717) is 22.1 Å². The Kier molecular flexibility index (Phi) is 6.23. The first-order chi connectivity index (χ1) is 17.3. The number of anilines is 1. The molecule has 3 aromatic heterocycles. The van der Waals surface area contributed by atoms with Crippen LogP contribution in [0.15, 0.2) is 41.0 Å². The molecular formula is C19H16ClN9O5S2. The number of aliphatic carboxylic acids is 1. The Bertz CT molecular complexity index is 1470. The third kappa shape index (κ3) is 4.12. The van der Waals surface area contributed by atoms with Crippen molar-refractivity contribution in [2.45, 2.75) is 18.0 Å². The molecule has 0 saturated carbocycles. The molecule has 36 heavy (non-hydrogen) atoms. The first-order valence-corrected chi connectivity index (χ1v) is 12.4. The highest BCUT2D eigenvalue weighted by Crippen LogP contribution is 2.40. The number of fused-ring (bicyclic) bond motifs is 2. The van der Waals surface area contributed by atoms with Gasteiger partial charge in [0.2, 0.25) is 11.5 Å². The summed E-state index contributed by atoms with van der Waals surface area (Å²) in [4.78, 5) is 47.6. The minimum atomic E-state index is -1.48. The van der Waals surface area contributed by atoms with E-state index in [1.807, 2.05) is 0 Å². The number of hydrogen-bond acceptors (Lipinski definition) is 12. The third-order valence-corrected chi connectivity index (χ3v) is 7.51. The number of nitrogen functional groups attached to an aromatic ring is 1. The second kappa shape index (κ2) is 9.36. The van der Waals surface area contributed by atoms with Crippen molar-refractivity contribution < 1.29 is 28.9 Å². The number of carboxylic acids is 1. The fourth-order valence-corrected chi connectivity index (χ4v) is 5.83. The van der Waals surface area contributed by atoms with E-state index in [-0.39, 0.29) is 28.9 Å². The van der Waals surface area contributed by atoms with Crippen molar-refractivity contribution in [1.82, 2.24) is 29.2 Å². The molecule has 0 aliphatic carbocycles. The van der Waals surface area contributed by atoms with Gasteiger partial charge < -0.3 is 25.8 Å². The molecule has 2 atom stereocenters. The van der Waals surface area contributed by atoms with Crippen molar-refractivity contribution in [3.63, 3.8) is 0 Å². The molecule has 5 heterocycles. The molecule has 1 fully saturated rings. The van der Waals surface area contributed by atoms with Gasteiger partial charge in [0.15, 0.2) is 16.5 Å². The first-order valence-electron chi connectivity index (χ1n) is 10.2. The Labute approximate surface area is 215 Å². The Morgan fingerprint density at radius 3 is 2.94 bits per heavy atom. The number of β-lactam (4-membered cyclic amide) rings is 1. The van der Waals surface area contributed by atoms with E-state index >= 15 is 0 Å². The molecule has 186 valence electrons. The molecule has 2 aliphatic heterocycles. The van der Waals surface area contributed by atoms with E-state index < -0.39 is 29.2 Å². The average molecular weight is 550 g/mol. The molecule has 17 heteroatoms. The summed E-state index contributed by atoms with van der Waals surface area (Å²) >= 11 is 8.11. The van der Waals surface area contributed by atoms with Gasteiger partial charge in [-0.05, 0) is 6.07 Å². The van der Waals surface area contributed by atoms with Crippen molar-refractivity contribution in [3.8, 4) is 0 Å². The molecule has 14 nitrogen and oxygen atoms in total. The van der Waals surface area contributed by atoms with Crippen molar-refractivity contribution in [2.24, 2.45) is 5.16 Å². The molecule has 2 aliphatic rings. The van der Waals surface area contributed by atoms with Gasteiger partial charge in [-0.3, -0.25) is 14.5 Å². The maximum atomic E-state index is 13.0. The summed E-state index contributed by atoms with van der Waals surface area (Å²) in [6, 6.07) is 2.37. The van der Waals surface area contributed by atoms with Crippen LogP contribution >= 0.6 is 34.9 Å². The zero-order valence-corrected chi connectivity index (χ0v) is 20.7. The maximum Gasteiger partial charge on any atom is 0.307 e. The highest BCUT2D eigenvalue weighted by molar-refractivity contribution is 8.00. The van der Waals surface area contributed by atoms with E-state index in [2.05, 4.69) is 24.9 Å². The lowest BCUT2D eigenvalue weighted by Crippen LogP contribution is -2.71. The van der Waals surface area contributed by atoms with Crippen molar-refractivity contribution in [3.05, 3.63) is 46.8 Å². The van der Waals surface area contributed by atoms with Gasteiger partial charge in [-0.1, -0.05) is 26.4 Å². The number of oxime groups is 1. The summed E-state index contributed by atoms with van der Waals surface area (Å²) in [6.45, 7) is 0.186. The molecule has 0 bridgehead atoms. The number of aromatic nitrogens is 5. The number of imidazole rings is 1. The fourth-order valence-electron chi connectivity index (χ4n) is 3.91. The summed E-state index contributed by atoms with van der Waals surface area (Å²) < 4.78 is 7.28. The van der Waals surface area contributed by atoms with Crippen molar-refractivity contribution in [1.29, 1.82) is 0 Å². The number of carboxylic acid groups (broad SMARTS) is 1. The number of nitrogens with one attached hydrogen (secondary N) is 1. The quantitative estimate of drug-likeness (QED) is 0.147. The maximum absolute atomic E-state index is 13.0. The predicted molar refractivity (Wildman–Crippen MR) is 125 cm³/mol. The predicted octanol–water partition coefficient (Wildman–Crippen LogP) is -1.84. The van der Waals surface area contributed by atoms with E-state index in [4.69, 9.17) is 22.2 Å². The number of rotatable bonds is 7. The van der Waals surface area contributed by atoms with Crippen LogP contribution < -0.4 is 20.7 Å². The van der Waals surface area contributed by atoms with E-state index in [9.17, 15) is 19.5 Å². The Morgan fingerprint density at radius 1 is 1.44 bits per heavy atom. The molecule has 3 aromatic rings. The van der Waals surface area contributed by atoms with E-state index in [1.165, 1.54) is 18.9 Å². The van der Waals surface area contributed by atoms with Crippen LogP contribution in [0.3, 0.4) is 0 Å². The lowest BCUT2D eigenvalue weighted by Gasteiger charge is -2.50. The first kappa shape index (κ1) is 24.0. The second-order valence-corrected chi connectivity index (χ2v) is 9.84. The molecule has 2 amide bonds. The van der Waals surface area contributed by atoms with Gasteiger partial charge in [0.1, 0.15) is 31.3 Å². The number of thioether (sulfide) groups is 1. The number of carbonyl (C=O) groups excluding carboxylic acids is 3. The van der Waals surface area contributed by atoms with Crippen LogP contribution in [0, 0.1) is 0 Å². The van der Waals surface area contributed by atoms with Crippen LogP contribution in [0.4, 0.5) is 5.13 Å². The number of nitrogens with two attached hydrogens (primary N) is 1. The molecule has 0 unspecified atom stereocenters. The molecule has 1 saturated heterocycles. The molecule has 5 rings (SSSR count). The summed E-state index contributed by atoms with van der Waals surface area (Å²) in [7, 11) is 1.24. The van der Waals surface area contributed by atoms with Crippen molar-refractivity contribution >= 4 is 69.2 Å². The molecular weight excluding hydrogens is 534 g/mol. The molecule has 0 radical (unpaired) electrons. The van der Waals surface area contributed by atoms with Gasteiger partial charge in [0, 0.05) is 28.9 Å². The van der Waals surface area contributed by atoms with E-state index in [0.717, 1.165) is 16.4 Å². The van der Waals surface area contributed by atoms with Gasteiger partial charge in [-0.25, -0.2) is 4.57 Å². The minimum absolute atomic E-state index is 0.0537. The van der Waals surface area contributed by atoms with Crippen LogP contribution in [-0.2, 0) is 25.8 Å². The van der Waals surface area contributed by atoms with Gasteiger partial charge in [0.05, 0.1) is 11.7 Å². The van der Waals surface area contributed by atoms with Gasteiger partial charge in [-0.2, -0.15) is 9.36 Å². The Balaban J connectivity index is 1.37. The minimum Gasteiger partial charge on any atom is -0.543 e. The zero-order chi connectivity index (χ0) is 25.6. The largest absolute Gasteiger partial charge is 0.543 e. The second-order valence-electron chi connectivity index (χ2n) is 7.56. The van der Waals surface area contributed by atoms with Gasteiger partial charge >= 0.3 is 5.65 Å².